The summed E-state index contributed by atoms with van der Waals surface area (Å²) in [6, 6.07) is 14.3. The summed E-state index contributed by atoms with van der Waals surface area (Å²) in [6.45, 7) is 5.91. The largest absolute Gasteiger partial charge is 0.506 e. The molecule has 2 aromatic rings. The van der Waals surface area contributed by atoms with Crippen LogP contribution in [0.5, 0.6) is 11.5 Å². The van der Waals surface area contributed by atoms with E-state index in [-0.39, 0.29) is 11.7 Å². The van der Waals surface area contributed by atoms with Crippen molar-refractivity contribution in [2.75, 3.05) is 5.32 Å². The van der Waals surface area contributed by atoms with E-state index in [0.717, 1.165) is 5.56 Å². The van der Waals surface area contributed by atoms with Crippen molar-refractivity contribution in [1.29, 1.82) is 0 Å². The molecule has 0 aromatic heterocycles. The van der Waals surface area contributed by atoms with Gasteiger partial charge in [0, 0.05) is 5.41 Å². The maximum absolute atomic E-state index is 12.9. The van der Waals surface area contributed by atoms with Gasteiger partial charge in [0.1, 0.15) is 11.4 Å². The Labute approximate surface area is 129 Å². The second kappa shape index (κ2) is 4.77. The van der Waals surface area contributed by atoms with E-state index in [1.807, 2.05) is 51.1 Å². The lowest BCUT2D eigenvalue weighted by molar-refractivity contribution is -0.145. The van der Waals surface area contributed by atoms with E-state index < -0.39 is 11.0 Å². The molecule has 22 heavy (non-hydrogen) atoms. The third kappa shape index (κ3) is 1.95. The Bertz CT molecular complexity index is 719. The van der Waals surface area contributed by atoms with Gasteiger partial charge in [-0.1, -0.05) is 57.2 Å². The molecule has 1 unspecified atom stereocenters. The molecule has 3 rings (SSSR count). The average Bonchev–Trinajstić information content (AvgIpc) is 2.46. The zero-order valence-corrected chi connectivity index (χ0v) is 12.9. The maximum atomic E-state index is 12.9. The Morgan fingerprint density at radius 3 is 2.36 bits per heavy atom. The van der Waals surface area contributed by atoms with Gasteiger partial charge in [0.05, 0.1) is 0 Å². The fourth-order valence-corrected chi connectivity index (χ4v) is 2.95. The lowest BCUT2D eigenvalue weighted by atomic mass is 9.68. The number of nitrogens with one attached hydrogen (secondary N) is 1. The van der Waals surface area contributed by atoms with Crippen LogP contribution < -0.4 is 10.1 Å². The highest BCUT2D eigenvalue weighted by molar-refractivity contribution is 5.94. The quantitative estimate of drug-likeness (QED) is 0.479. The van der Waals surface area contributed by atoms with Crippen LogP contribution in [-0.2, 0) is 10.3 Å². The molecule has 1 atom stereocenters. The molecule has 4 heteroatoms. The van der Waals surface area contributed by atoms with E-state index in [1.165, 1.54) is 0 Å². The molecule has 4 nitrogen and oxygen atoms in total. The maximum Gasteiger partial charge on any atom is 0.342 e. The first-order chi connectivity index (χ1) is 10.4. The number of para-hydroxylation sites is 1. The molecule has 2 aromatic carbocycles. The third-order valence-corrected chi connectivity index (χ3v) is 4.16. The van der Waals surface area contributed by atoms with Crippen molar-refractivity contribution in [2.45, 2.75) is 26.3 Å². The molecule has 0 spiro atoms. The van der Waals surface area contributed by atoms with Gasteiger partial charge in [-0.3, -0.25) is 0 Å². The number of benzene rings is 2. The molecular weight excluding hydrogens is 278 g/mol. The van der Waals surface area contributed by atoms with Crippen molar-refractivity contribution in [3.8, 4) is 11.5 Å². The molecule has 0 saturated heterocycles. The number of carbonyl (C=O) groups excluding carboxylic acids is 1. The Hall–Kier alpha value is -2.49. The van der Waals surface area contributed by atoms with E-state index in [2.05, 4.69) is 5.32 Å². The summed E-state index contributed by atoms with van der Waals surface area (Å²) in [7, 11) is 0. The molecule has 1 aliphatic heterocycles. The molecule has 0 bridgehead atoms. The smallest absolute Gasteiger partial charge is 0.342 e. The van der Waals surface area contributed by atoms with Crippen LogP contribution in [0.1, 0.15) is 26.3 Å². The highest BCUT2D eigenvalue weighted by Gasteiger charge is 2.54. The number of hydrogen-bond donors (Lipinski definition) is 2. The minimum Gasteiger partial charge on any atom is -0.506 e. The van der Waals surface area contributed by atoms with Crippen LogP contribution in [0.4, 0.5) is 5.69 Å². The molecule has 1 aliphatic rings. The van der Waals surface area contributed by atoms with Crippen molar-refractivity contribution in [3.05, 3.63) is 54.1 Å². The van der Waals surface area contributed by atoms with E-state index in [4.69, 9.17) is 4.74 Å². The predicted octanol–water partition coefficient (Wildman–Crippen LogP) is 3.66. The summed E-state index contributed by atoms with van der Waals surface area (Å²) >= 11 is 0. The lowest BCUT2D eigenvalue weighted by Crippen LogP contribution is -2.57. The molecule has 0 amide bonds. The van der Waals surface area contributed by atoms with Crippen molar-refractivity contribution in [1.82, 2.24) is 0 Å². The number of hydrogen-bond acceptors (Lipinski definition) is 4. The number of rotatable bonds is 1. The number of ether oxygens (including phenoxy) is 1. The van der Waals surface area contributed by atoms with Crippen LogP contribution in [0.3, 0.4) is 0 Å². The SMILES string of the molecule is CC(C)(C)C1(c2ccccc2)Nc2c(O)cccc2OC1=O. The van der Waals surface area contributed by atoms with E-state index in [9.17, 15) is 9.90 Å². The highest BCUT2D eigenvalue weighted by Crippen LogP contribution is 2.50. The van der Waals surface area contributed by atoms with Crippen molar-refractivity contribution in [2.24, 2.45) is 5.41 Å². The number of aromatic hydroxyl groups is 1. The molecule has 2 N–H and O–H groups in total. The number of phenols is 1. The predicted molar refractivity (Wildman–Crippen MR) is 84.9 cm³/mol. The van der Waals surface area contributed by atoms with E-state index in [1.54, 1.807) is 18.2 Å². The Morgan fingerprint density at radius 2 is 1.73 bits per heavy atom. The normalized spacial score (nSPS) is 20.8. The Balaban J connectivity index is 2.24. The number of anilines is 1. The summed E-state index contributed by atoms with van der Waals surface area (Å²) in [5, 5.41) is 13.4. The second-order valence-corrected chi connectivity index (χ2v) is 6.53. The fourth-order valence-electron chi connectivity index (χ4n) is 2.95. The van der Waals surface area contributed by atoms with Gasteiger partial charge in [0.2, 0.25) is 0 Å². The Kier molecular flexibility index (Phi) is 3.13. The standard InChI is InChI=1S/C18H19NO3/c1-17(2,3)18(12-8-5-4-6-9-12)16(21)22-14-11-7-10-13(20)15(14)19-18/h4-11,19-20H,1-3H3. The van der Waals surface area contributed by atoms with Gasteiger partial charge in [-0.15, -0.1) is 0 Å². The second-order valence-electron chi connectivity index (χ2n) is 6.53. The summed E-state index contributed by atoms with van der Waals surface area (Å²) in [5.74, 6) is 0.0414. The summed E-state index contributed by atoms with van der Waals surface area (Å²) in [6.07, 6.45) is 0. The third-order valence-electron chi connectivity index (χ3n) is 4.16. The molecule has 1 heterocycles. The molecule has 114 valence electrons. The van der Waals surface area contributed by atoms with E-state index in [0.29, 0.717) is 11.4 Å². The number of fused-ring (bicyclic) bond motifs is 1. The number of phenolic OH excluding ortho intramolecular Hbond substituents is 1. The summed E-state index contributed by atoms with van der Waals surface area (Å²) in [4.78, 5) is 12.9. The van der Waals surface area contributed by atoms with E-state index >= 15 is 0 Å². The molecular formula is C18H19NO3. The van der Waals surface area contributed by atoms with Gasteiger partial charge in [0.25, 0.3) is 0 Å². The van der Waals surface area contributed by atoms with Gasteiger partial charge in [-0.05, 0) is 17.7 Å². The first kappa shape index (κ1) is 14.4. The number of esters is 1. The molecule has 0 radical (unpaired) electrons. The van der Waals surface area contributed by atoms with Crippen LogP contribution in [-0.4, -0.2) is 11.1 Å². The van der Waals surface area contributed by atoms with Gasteiger partial charge >= 0.3 is 5.97 Å². The zero-order chi connectivity index (χ0) is 16.0. The minimum atomic E-state index is -1.07. The summed E-state index contributed by atoms with van der Waals surface area (Å²) in [5.41, 5.74) is -0.284. The van der Waals surface area contributed by atoms with Gasteiger partial charge in [-0.25, -0.2) is 4.79 Å². The van der Waals surface area contributed by atoms with Crippen molar-refractivity contribution in [3.63, 3.8) is 0 Å². The van der Waals surface area contributed by atoms with Crippen LogP contribution in [0.25, 0.3) is 0 Å². The zero-order valence-electron chi connectivity index (χ0n) is 12.9. The van der Waals surface area contributed by atoms with Gasteiger partial charge in [0.15, 0.2) is 11.3 Å². The fraction of sp³-hybridized carbons (Fsp3) is 0.278. The minimum absolute atomic E-state index is 0.0644. The summed E-state index contributed by atoms with van der Waals surface area (Å²) < 4.78 is 5.55. The van der Waals surface area contributed by atoms with Crippen LogP contribution in [0, 0.1) is 5.41 Å². The van der Waals surface area contributed by atoms with Crippen LogP contribution in [0.15, 0.2) is 48.5 Å². The van der Waals surface area contributed by atoms with Crippen molar-refractivity contribution < 1.29 is 14.6 Å². The van der Waals surface area contributed by atoms with Gasteiger partial charge < -0.3 is 15.2 Å². The topological polar surface area (TPSA) is 58.6 Å². The van der Waals surface area contributed by atoms with Gasteiger partial charge in [-0.2, -0.15) is 0 Å². The molecule has 0 saturated carbocycles. The molecule has 0 aliphatic carbocycles. The molecule has 0 fully saturated rings. The lowest BCUT2D eigenvalue weighted by Gasteiger charge is -2.46. The Morgan fingerprint density at radius 1 is 1.05 bits per heavy atom. The van der Waals surface area contributed by atoms with Crippen LogP contribution in [0.2, 0.25) is 0 Å². The first-order valence-corrected chi connectivity index (χ1v) is 7.24. The average molecular weight is 297 g/mol. The van der Waals surface area contributed by atoms with Crippen molar-refractivity contribution >= 4 is 11.7 Å². The highest BCUT2D eigenvalue weighted by atomic mass is 16.5. The monoisotopic (exact) mass is 297 g/mol. The first-order valence-electron chi connectivity index (χ1n) is 7.24. The van der Waals surface area contributed by atoms with Crippen LogP contribution >= 0.6 is 0 Å². The number of carbonyl (C=O) groups is 1.